The van der Waals surface area contributed by atoms with Gasteiger partial charge in [0.2, 0.25) is 0 Å². The highest BCUT2D eigenvalue weighted by Crippen LogP contribution is 2.47. The maximum Gasteiger partial charge on any atom is 0.0656 e. The van der Waals surface area contributed by atoms with E-state index in [1.165, 1.54) is 6.42 Å². The minimum atomic E-state index is 0.281. The highest BCUT2D eigenvalue weighted by molar-refractivity contribution is 4.97. The molecule has 1 nitrogen and oxygen atoms in total. The maximum atomic E-state index is 8.91. The average molecular weight is 165 g/mol. The summed E-state index contributed by atoms with van der Waals surface area (Å²) in [5, 5.41) is 8.91. The summed E-state index contributed by atoms with van der Waals surface area (Å²) in [6.45, 7) is 9.10. The van der Waals surface area contributed by atoms with Gasteiger partial charge in [0.25, 0.3) is 0 Å². The summed E-state index contributed by atoms with van der Waals surface area (Å²) in [6.07, 6.45) is 3.40. The fourth-order valence-electron chi connectivity index (χ4n) is 2.94. The van der Waals surface area contributed by atoms with Gasteiger partial charge in [-0.3, -0.25) is 0 Å². The number of nitriles is 1. The molecule has 0 amide bonds. The van der Waals surface area contributed by atoms with Gasteiger partial charge in [0.05, 0.1) is 6.07 Å². The molecule has 0 unspecified atom stereocenters. The molecule has 12 heavy (non-hydrogen) atoms. The molecule has 1 heteroatoms. The van der Waals surface area contributed by atoms with Gasteiger partial charge < -0.3 is 0 Å². The lowest BCUT2D eigenvalue weighted by Gasteiger charge is -2.42. The molecule has 0 bridgehead atoms. The largest absolute Gasteiger partial charge is 0.198 e. The van der Waals surface area contributed by atoms with Crippen molar-refractivity contribution in [3.05, 3.63) is 0 Å². The quantitative estimate of drug-likeness (QED) is 0.540. The lowest BCUT2D eigenvalue weighted by atomic mass is 9.62. The first kappa shape index (κ1) is 9.58. The molecule has 0 aromatic heterocycles. The van der Waals surface area contributed by atoms with Crippen LogP contribution in [0, 0.1) is 28.1 Å². The molecule has 1 saturated carbocycles. The van der Waals surface area contributed by atoms with Crippen LogP contribution in [0.3, 0.4) is 0 Å². The molecule has 0 saturated heterocycles. The standard InChI is InChI=1S/C11H19N/c1-10(2)5-9(7-12)6-11(3,4)8-10/h9H,5-6,8H2,1-4H3. The van der Waals surface area contributed by atoms with E-state index in [9.17, 15) is 0 Å². The summed E-state index contributed by atoms with van der Waals surface area (Å²) in [6, 6.07) is 2.42. The summed E-state index contributed by atoms with van der Waals surface area (Å²) in [7, 11) is 0. The van der Waals surface area contributed by atoms with Crippen LogP contribution in [0.2, 0.25) is 0 Å². The molecule has 0 heterocycles. The second kappa shape index (κ2) is 2.76. The van der Waals surface area contributed by atoms with Crippen molar-refractivity contribution in [1.82, 2.24) is 0 Å². The van der Waals surface area contributed by atoms with Gasteiger partial charge >= 0.3 is 0 Å². The summed E-state index contributed by atoms with van der Waals surface area (Å²) in [5.74, 6) is 0.281. The van der Waals surface area contributed by atoms with Crippen LogP contribution >= 0.6 is 0 Å². The lowest BCUT2D eigenvalue weighted by molar-refractivity contribution is 0.0888. The molecule has 0 radical (unpaired) electrons. The van der Waals surface area contributed by atoms with Crippen LogP contribution < -0.4 is 0 Å². The predicted octanol–water partition coefficient (Wildman–Crippen LogP) is 3.36. The van der Waals surface area contributed by atoms with Gasteiger partial charge in [-0.05, 0) is 30.1 Å². The zero-order valence-electron chi connectivity index (χ0n) is 8.65. The predicted molar refractivity (Wildman–Crippen MR) is 50.5 cm³/mol. The third kappa shape index (κ3) is 2.24. The monoisotopic (exact) mass is 165 g/mol. The number of nitrogens with zero attached hydrogens (tertiary/aromatic N) is 1. The Morgan fingerprint density at radius 3 is 1.83 bits per heavy atom. The van der Waals surface area contributed by atoms with E-state index in [4.69, 9.17) is 5.26 Å². The first-order valence-electron chi connectivity index (χ1n) is 4.74. The highest BCUT2D eigenvalue weighted by atomic mass is 14.4. The van der Waals surface area contributed by atoms with Crippen LogP contribution in [0.4, 0.5) is 0 Å². The minimum Gasteiger partial charge on any atom is -0.198 e. The Balaban J connectivity index is 2.75. The minimum absolute atomic E-state index is 0.281. The number of hydrogen-bond donors (Lipinski definition) is 0. The van der Waals surface area contributed by atoms with Gasteiger partial charge in [-0.25, -0.2) is 0 Å². The fourth-order valence-corrected chi connectivity index (χ4v) is 2.94. The topological polar surface area (TPSA) is 23.8 Å². The smallest absolute Gasteiger partial charge is 0.0656 e. The molecule has 1 fully saturated rings. The summed E-state index contributed by atoms with van der Waals surface area (Å²) in [5.41, 5.74) is 0.726. The van der Waals surface area contributed by atoms with Crippen molar-refractivity contribution < 1.29 is 0 Å². The third-order valence-corrected chi connectivity index (χ3v) is 2.74. The second-order valence-corrected chi connectivity index (χ2v) is 5.74. The van der Waals surface area contributed by atoms with E-state index in [0.29, 0.717) is 10.8 Å². The SMILES string of the molecule is CC1(C)CC(C#N)CC(C)(C)C1. The Bertz CT molecular complexity index is 192. The normalized spacial score (nSPS) is 27.9. The van der Waals surface area contributed by atoms with Crippen molar-refractivity contribution in [2.24, 2.45) is 16.7 Å². The van der Waals surface area contributed by atoms with E-state index < -0.39 is 0 Å². The van der Waals surface area contributed by atoms with Crippen LogP contribution in [0.5, 0.6) is 0 Å². The summed E-state index contributed by atoms with van der Waals surface area (Å²) in [4.78, 5) is 0. The first-order chi connectivity index (χ1) is 5.35. The van der Waals surface area contributed by atoms with E-state index in [0.717, 1.165) is 12.8 Å². The average Bonchev–Trinajstić information content (AvgIpc) is 1.80. The van der Waals surface area contributed by atoms with E-state index in [1.807, 2.05) is 0 Å². The zero-order valence-corrected chi connectivity index (χ0v) is 8.65. The molecule has 1 rings (SSSR count). The van der Waals surface area contributed by atoms with Crippen molar-refractivity contribution >= 4 is 0 Å². The first-order valence-corrected chi connectivity index (χ1v) is 4.74. The Kier molecular flexibility index (Phi) is 2.21. The van der Waals surface area contributed by atoms with Gasteiger partial charge in [-0.1, -0.05) is 27.7 Å². The fraction of sp³-hybridized carbons (Fsp3) is 0.909. The van der Waals surface area contributed by atoms with E-state index in [-0.39, 0.29) is 5.92 Å². The molecule has 0 spiro atoms. The highest BCUT2D eigenvalue weighted by Gasteiger charge is 2.38. The van der Waals surface area contributed by atoms with Crippen LogP contribution in [0.15, 0.2) is 0 Å². The molecule has 0 N–H and O–H groups in total. The Morgan fingerprint density at radius 1 is 1.08 bits per heavy atom. The molecular weight excluding hydrogens is 146 g/mol. The molecule has 0 aromatic rings. The van der Waals surface area contributed by atoms with E-state index in [1.54, 1.807) is 0 Å². The van der Waals surface area contributed by atoms with E-state index >= 15 is 0 Å². The van der Waals surface area contributed by atoms with Gasteiger partial charge in [0, 0.05) is 5.92 Å². The Morgan fingerprint density at radius 2 is 1.50 bits per heavy atom. The van der Waals surface area contributed by atoms with Crippen LogP contribution in [-0.2, 0) is 0 Å². The van der Waals surface area contributed by atoms with Gasteiger partial charge in [-0.2, -0.15) is 5.26 Å². The van der Waals surface area contributed by atoms with Gasteiger partial charge in [-0.15, -0.1) is 0 Å². The molecule has 1 aliphatic rings. The number of rotatable bonds is 0. The zero-order chi connectivity index (χ0) is 9.41. The maximum absolute atomic E-state index is 8.91. The number of hydrogen-bond acceptors (Lipinski definition) is 1. The Hall–Kier alpha value is -0.510. The molecular formula is C11H19N. The summed E-state index contributed by atoms with van der Waals surface area (Å²) < 4.78 is 0. The third-order valence-electron chi connectivity index (χ3n) is 2.74. The van der Waals surface area contributed by atoms with Crippen LogP contribution in [-0.4, -0.2) is 0 Å². The van der Waals surface area contributed by atoms with Gasteiger partial charge in [0.1, 0.15) is 0 Å². The molecule has 1 aliphatic carbocycles. The van der Waals surface area contributed by atoms with Crippen LogP contribution in [0.25, 0.3) is 0 Å². The van der Waals surface area contributed by atoms with Crippen molar-refractivity contribution in [2.75, 3.05) is 0 Å². The molecule has 0 aliphatic heterocycles. The van der Waals surface area contributed by atoms with Crippen LogP contribution in [0.1, 0.15) is 47.0 Å². The second-order valence-electron chi connectivity index (χ2n) is 5.74. The van der Waals surface area contributed by atoms with Crippen molar-refractivity contribution in [1.29, 1.82) is 5.26 Å². The molecule has 0 aromatic carbocycles. The van der Waals surface area contributed by atoms with Crippen molar-refractivity contribution in [3.8, 4) is 6.07 Å². The van der Waals surface area contributed by atoms with Crippen molar-refractivity contribution in [3.63, 3.8) is 0 Å². The summed E-state index contributed by atoms with van der Waals surface area (Å²) >= 11 is 0. The van der Waals surface area contributed by atoms with Crippen molar-refractivity contribution in [2.45, 2.75) is 47.0 Å². The Labute approximate surface area is 75.8 Å². The molecule has 68 valence electrons. The lowest BCUT2D eigenvalue weighted by Crippen LogP contribution is -2.33. The van der Waals surface area contributed by atoms with Gasteiger partial charge in [0.15, 0.2) is 0 Å². The van der Waals surface area contributed by atoms with E-state index in [2.05, 4.69) is 33.8 Å². The molecule has 0 atom stereocenters.